The number of amides is 1. The van der Waals surface area contributed by atoms with Gasteiger partial charge in [-0.2, -0.15) is 0 Å². The van der Waals surface area contributed by atoms with E-state index < -0.39 is 12.0 Å². The van der Waals surface area contributed by atoms with E-state index in [1.807, 2.05) is 0 Å². The van der Waals surface area contributed by atoms with Crippen LogP contribution in [0.1, 0.15) is 78.1 Å². The van der Waals surface area contributed by atoms with Crippen molar-refractivity contribution in [2.45, 2.75) is 89.5 Å². The lowest BCUT2D eigenvalue weighted by Crippen LogP contribution is -2.44. The zero-order valence-corrected chi connectivity index (χ0v) is 14.9. The molecule has 0 aliphatic carbocycles. The fraction of sp³-hybridized carbons (Fsp3) is 0.882. The van der Waals surface area contributed by atoms with E-state index in [-0.39, 0.29) is 11.3 Å². The molecule has 1 aliphatic heterocycles. The first-order valence-electron chi connectivity index (χ1n) is 8.71. The number of hydrogen-bond acceptors (Lipinski definition) is 3. The Balaban J connectivity index is 2.14. The predicted octanol–water partition coefficient (Wildman–Crippen LogP) is 4.28. The van der Waals surface area contributed by atoms with Crippen LogP contribution in [-0.2, 0) is 9.59 Å². The summed E-state index contributed by atoms with van der Waals surface area (Å²) in [6.07, 6.45) is 12.4. The normalized spacial score (nSPS) is 21.3. The minimum atomic E-state index is -0.878. The summed E-state index contributed by atoms with van der Waals surface area (Å²) in [5, 5.41) is 9.23. The van der Waals surface area contributed by atoms with Crippen LogP contribution in [-0.4, -0.2) is 39.1 Å². The molecule has 22 heavy (non-hydrogen) atoms. The highest BCUT2D eigenvalue weighted by atomic mass is 32.2. The van der Waals surface area contributed by atoms with E-state index >= 15 is 0 Å². The van der Waals surface area contributed by atoms with E-state index in [9.17, 15) is 14.7 Å². The molecule has 1 heterocycles. The summed E-state index contributed by atoms with van der Waals surface area (Å²) in [5.41, 5.74) is 0. The van der Waals surface area contributed by atoms with Crippen molar-refractivity contribution < 1.29 is 14.7 Å². The molecule has 1 fully saturated rings. The number of aliphatic carboxylic acids is 1. The standard InChI is InChI=1S/C17H31NO3S/c1-3-4-5-6-7-8-9-10-11-12-16-18(14(2)19)15(13-22-16)17(20)21/h15-16H,3-13H2,1-2H3,(H,20,21)/t15-,16+/m0/s1. The Kier molecular flexibility index (Phi) is 9.60. The van der Waals surface area contributed by atoms with Crippen LogP contribution in [0, 0.1) is 0 Å². The lowest BCUT2D eigenvalue weighted by molar-refractivity contribution is -0.148. The maximum atomic E-state index is 11.7. The molecule has 0 bridgehead atoms. The van der Waals surface area contributed by atoms with Crippen molar-refractivity contribution in [2.24, 2.45) is 0 Å². The summed E-state index contributed by atoms with van der Waals surface area (Å²) in [5.74, 6) is -0.465. The number of thioether (sulfide) groups is 1. The third-order valence-corrected chi connectivity index (χ3v) is 5.65. The molecule has 0 radical (unpaired) electrons. The molecule has 128 valence electrons. The average Bonchev–Trinajstić information content (AvgIpc) is 2.90. The summed E-state index contributed by atoms with van der Waals surface area (Å²) >= 11 is 1.62. The van der Waals surface area contributed by atoms with Crippen molar-refractivity contribution in [3.63, 3.8) is 0 Å². The van der Waals surface area contributed by atoms with Crippen LogP contribution in [0.3, 0.4) is 0 Å². The molecule has 1 aliphatic rings. The molecule has 1 amide bonds. The van der Waals surface area contributed by atoms with Crippen molar-refractivity contribution in [1.29, 1.82) is 0 Å². The predicted molar refractivity (Wildman–Crippen MR) is 92.0 cm³/mol. The number of unbranched alkanes of at least 4 members (excludes halogenated alkanes) is 8. The first-order valence-corrected chi connectivity index (χ1v) is 9.76. The van der Waals surface area contributed by atoms with Gasteiger partial charge >= 0.3 is 5.97 Å². The van der Waals surface area contributed by atoms with Crippen molar-refractivity contribution in [3.05, 3.63) is 0 Å². The molecule has 5 heteroatoms. The third-order valence-electron chi connectivity index (χ3n) is 4.30. The molecule has 0 aromatic carbocycles. The number of hydrogen-bond donors (Lipinski definition) is 1. The van der Waals surface area contributed by atoms with E-state index in [1.54, 1.807) is 16.7 Å². The van der Waals surface area contributed by atoms with Gasteiger partial charge in [-0.05, 0) is 6.42 Å². The van der Waals surface area contributed by atoms with Crippen LogP contribution in [0.5, 0.6) is 0 Å². The Morgan fingerprint density at radius 3 is 2.09 bits per heavy atom. The van der Waals surface area contributed by atoms with Gasteiger partial charge in [0, 0.05) is 12.7 Å². The summed E-state index contributed by atoms with van der Waals surface area (Å²) < 4.78 is 0. The van der Waals surface area contributed by atoms with Gasteiger partial charge in [-0.1, -0.05) is 64.7 Å². The first kappa shape index (κ1) is 19.3. The molecule has 1 rings (SSSR count). The number of nitrogens with zero attached hydrogens (tertiary/aromatic N) is 1. The zero-order valence-electron chi connectivity index (χ0n) is 14.1. The van der Waals surface area contributed by atoms with E-state index in [1.165, 1.54) is 58.3 Å². The SMILES string of the molecule is CCCCCCCCCCC[C@H]1SC[C@@H](C(=O)O)N1C(C)=O. The molecule has 0 aromatic rings. The number of carboxylic acids is 1. The fourth-order valence-corrected chi connectivity index (χ4v) is 4.52. The van der Waals surface area contributed by atoms with Gasteiger partial charge in [0.1, 0.15) is 6.04 Å². The van der Waals surface area contributed by atoms with Crippen LogP contribution in [0.25, 0.3) is 0 Å². The molecule has 1 N–H and O–H groups in total. The maximum Gasteiger partial charge on any atom is 0.327 e. The average molecular weight is 330 g/mol. The largest absolute Gasteiger partial charge is 0.480 e. The molecule has 1 saturated heterocycles. The third kappa shape index (κ3) is 6.59. The van der Waals surface area contributed by atoms with Crippen molar-refractivity contribution in [2.75, 3.05) is 5.75 Å². The number of carboxylic acid groups (broad SMARTS) is 1. The van der Waals surface area contributed by atoms with Crippen LogP contribution in [0.15, 0.2) is 0 Å². The van der Waals surface area contributed by atoms with E-state index in [0.717, 1.165) is 12.8 Å². The molecule has 0 unspecified atom stereocenters. The molecule has 4 nitrogen and oxygen atoms in total. The maximum absolute atomic E-state index is 11.7. The Morgan fingerprint density at radius 1 is 1.05 bits per heavy atom. The van der Waals surface area contributed by atoms with Gasteiger partial charge in [0.2, 0.25) is 5.91 Å². The Morgan fingerprint density at radius 2 is 1.59 bits per heavy atom. The molecule has 0 aromatic heterocycles. The minimum Gasteiger partial charge on any atom is -0.480 e. The van der Waals surface area contributed by atoms with Gasteiger partial charge in [-0.15, -0.1) is 11.8 Å². The number of carbonyl (C=O) groups excluding carboxylic acids is 1. The molecule has 2 atom stereocenters. The lowest BCUT2D eigenvalue weighted by atomic mass is 10.1. The van der Waals surface area contributed by atoms with Gasteiger partial charge in [0.25, 0.3) is 0 Å². The van der Waals surface area contributed by atoms with Crippen molar-refractivity contribution in [1.82, 2.24) is 4.90 Å². The second-order valence-electron chi connectivity index (χ2n) is 6.19. The Bertz CT molecular complexity index is 349. The monoisotopic (exact) mass is 329 g/mol. The fourth-order valence-electron chi connectivity index (χ4n) is 3.03. The second kappa shape index (κ2) is 10.9. The molecule has 0 saturated carbocycles. The van der Waals surface area contributed by atoms with E-state index in [4.69, 9.17) is 0 Å². The summed E-state index contributed by atoms with van der Waals surface area (Å²) in [4.78, 5) is 24.4. The number of carbonyl (C=O) groups is 2. The first-order chi connectivity index (χ1) is 10.6. The highest BCUT2D eigenvalue weighted by Gasteiger charge is 2.39. The molecular formula is C17H31NO3S. The molecular weight excluding hydrogens is 298 g/mol. The lowest BCUT2D eigenvalue weighted by Gasteiger charge is -2.26. The van der Waals surface area contributed by atoms with Crippen molar-refractivity contribution >= 4 is 23.6 Å². The summed E-state index contributed by atoms with van der Waals surface area (Å²) in [6, 6.07) is -0.633. The van der Waals surface area contributed by atoms with Crippen LogP contribution in [0.2, 0.25) is 0 Å². The summed E-state index contributed by atoms with van der Waals surface area (Å²) in [6.45, 7) is 3.71. The van der Waals surface area contributed by atoms with Gasteiger partial charge in [0.05, 0.1) is 5.37 Å². The van der Waals surface area contributed by atoms with Gasteiger partial charge in [0.15, 0.2) is 0 Å². The van der Waals surface area contributed by atoms with E-state index in [0.29, 0.717) is 5.75 Å². The smallest absolute Gasteiger partial charge is 0.327 e. The van der Waals surface area contributed by atoms with Gasteiger partial charge in [-0.3, -0.25) is 4.79 Å². The van der Waals surface area contributed by atoms with Crippen LogP contribution < -0.4 is 0 Å². The van der Waals surface area contributed by atoms with E-state index in [2.05, 4.69) is 6.92 Å². The number of rotatable bonds is 11. The second-order valence-corrected chi connectivity index (χ2v) is 7.40. The Labute approximate surface area is 139 Å². The Hall–Kier alpha value is -0.710. The van der Waals surface area contributed by atoms with Gasteiger partial charge in [-0.25, -0.2) is 4.79 Å². The van der Waals surface area contributed by atoms with Crippen LogP contribution in [0.4, 0.5) is 0 Å². The topological polar surface area (TPSA) is 57.6 Å². The van der Waals surface area contributed by atoms with Crippen LogP contribution >= 0.6 is 11.8 Å². The zero-order chi connectivity index (χ0) is 16.4. The molecule has 0 spiro atoms. The minimum absolute atomic E-state index is 0.0585. The summed E-state index contributed by atoms with van der Waals surface area (Å²) in [7, 11) is 0. The highest BCUT2D eigenvalue weighted by Crippen LogP contribution is 2.32. The van der Waals surface area contributed by atoms with Crippen molar-refractivity contribution in [3.8, 4) is 0 Å². The highest BCUT2D eigenvalue weighted by molar-refractivity contribution is 8.00. The van der Waals surface area contributed by atoms with Gasteiger partial charge < -0.3 is 10.0 Å². The quantitative estimate of drug-likeness (QED) is 0.575.